The first-order valence-corrected chi connectivity index (χ1v) is 12.1. The molecule has 1 aliphatic rings. The van der Waals surface area contributed by atoms with Crippen LogP contribution in [0.3, 0.4) is 0 Å². The number of para-hydroxylation sites is 2. The number of methoxy groups -OCH3 is 1. The first-order valence-electron chi connectivity index (χ1n) is 11.7. The van der Waals surface area contributed by atoms with E-state index in [2.05, 4.69) is 5.32 Å². The van der Waals surface area contributed by atoms with Crippen LogP contribution >= 0.6 is 12.2 Å². The number of hydrogen-bond donors (Lipinski definition) is 1. The van der Waals surface area contributed by atoms with Gasteiger partial charge in [0.05, 0.1) is 19.3 Å². The molecule has 2 aromatic heterocycles. The summed E-state index contributed by atoms with van der Waals surface area (Å²) < 4.78 is 12.3. The Kier molecular flexibility index (Phi) is 6.45. The number of hydrogen-bond acceptors (Lipinski definition) is 6. The van der Waals surface area contributed by atoms with Crippen molar-refractivity contribution in [3.8, 4) is 0 Å². The van der Waals surface area contributed by atoms with Gasteiger partial charge in [0, 0.05) is 22.7 Å². The van der Waals surface area contributed by atoms with Crippen molar-refractivity contribution in [3.63, 3.8) is 0 Å². The molecule has 186 valence electrons. The van der Waals surface area contributed by atoms with E-state index in [-0.39, 0.29) is 16.4 Å². The number of thiocarbonyl (C=S) groups is 1. The summed E-state index contributed by atoms with van der Waals surface area (Å²) in [5.41, 5.74) is 3.12. The van der Waals surface area contributed by atoms with E-state index >= 15 is 0 Å². The third-order valence-corrected chi connectivity index (χ3v) is 6.49. The number of aromatic nitrogens is 1. The van der Waals surface area contributed by atoms with Crippen LogP contribution in [0.2, 0.25) is 0 Å². The number of rotatable bonds is 6. The lowest BCUT2D eigenvalue weighted by atomic mass is 10.0. The number of aryl methyl sites for hydroxylation is 1. The standard InChI is InChI=1S/C28H23N3O5S/c1-3-17-8-4-6-10-22(17)31-26(33)21(25(32)29-28(31)37)14-18-15-30(23-11-7-5-9-20(18)23)16-19-12-13-24(36-19)27(34)35-2/h4-15H,3,16H2,1-2H3,(H,29,32,37)/b21-14+. The Morgan fingerprint density at radius 3 is 2.62 bits per heavy atom. The Balaban J connectivity index is 1.54. The van der Waals surface area contributed by atoms with Crippen LogP contribution in [0.5, 0.6) is 0 Å². The van der Waals surface area contributed by atoms with E-state index in [1.54, 1.807) is 18.2 Å². The van der Waals surface area contributed by atoms with Crippen LogP contribution < -0.4 is 10.2 Å². The molecular formula is C28H23N3O5S. The van der Waals surface area contributed by atoms with E-state index < -0.39 is 17.8 Å². The number of amides is 2. The van der Waals surface area contributed by atoms with E-state index in [1.165, 1.54) is 12.0 Å². The second kappa shape index (κ2) is 9.87. The van der Waals surface area contributed by atoms with E-state index in [9.17, 15) is 14.4 Å². The number of carbonyl (C=O) groups excluding carboxylic acids is 3. The molecule has 0 saturated carbocycles. The quantitative estimate of drug-likeness (QED) is 0.177. The van der Waals surface area contributed by atoms with Gasteiger partial charge in [0.25, 0.3) is 11.8 Å². The Hall–Kier alpha value is -4.50. The molecule has 0 unspecified atom stereocenters. The van der Waals surface area contributed by atoms with Gasteiger partial charge in [0.1, 0.15) is 11.3 Å². The third-order valence-electron chi connectivity index (χ3n) is 6.21. The molecule has 4 aromatic rings. The van der Waals surface area contributed by atoms with Gasteiger partial charge >= 0.3 is 5.97 Å². The number of benzene rings is 2. The van der Waals surface area contributed by atoms with E-state index in [4.69, 9.17) is 21.4 Å². The molecule has 3 heterocycles. The second-order valence-corrected chi connectivity index (χ2v) is 8.81. The monoisotopic (exact) mass is 513 g/mol. The number of esters is 1. The van der Waals surface area contributed by atoms with Gasteiger partial charge in [0.2, 0.25) is 5.76 Å². The van der Waals surface area contributed by atoms with Crippen LogP contribution in [-0.4, -0.2) is 34.6 Å². The summed E-state index contributed by atoms with van der Waals surface area (Å²) in [5.74, 6) is -0.919. The lowest BCUT2D eigenvalue weighted by Crippen LogP contribution is -2.54. The van der Waals surface area contributed by atoms with Crippen molar-refractivity contribution < 1.29 is 23.5 Å². The fourth-order valence-electron chi connectivity index (χ4n) is 4.42. The highest BCUT2D eigenvalue weighted by molar-refractivity contribution is 7.80. The van der Waals surface area contributed by atoms with Gasteiger partial charge in [-0.05, 0) is 54.5 Å². The number of nitrogens with one attached hydrogen (secondary N) is 1. The van der Waals surface area contributed by atoms with Crippen molar-refractivity contribution >= 4 is 57.8 Å². The lowest BCUT2D eigenvalue weighted by molar-refractivity contribution is -0.122. The molecule has 1 saturated heterocycles. The molecule has 5 rings (SSSR count). The molecular weight excluding hydrogens is 490 g/mol. The Morgan fingerprint density at radius 1 is 1.08 bits per heavy atom. The van der Waals surface area contributed by atoms with Crippen molar-refractivity contribution in [3.05, 3.63) is 95.1 Å². The van der Waals surface area contributed by atoms with Crippen molar-refractivity contribution in [2.45, 2.75) is 19.9 Å². The van der Waals surface area contributed by atoms with Crippen LogP contribution in [0.4, 0.5) is 5.69 Å². The van der Waals surface area contributed by atoms with E-state index in [0.717, 1.165) is 16.5 Å². The summed E-state index contributed by atoms with van der Waals surface area (Å²) >= 11 is 5.37. The van der Waals surface area contributed by atoms with Crippen molar-refractivity contribution in [2.24, 2.45) is 0 Å². The summed E-state index contributed by atoms with van der Waals surface area (Å²) in [6.07, 6.45) is 4.13. The summed E-state index contributed by atoms with van der Waals surface area (Å²) in [7, 11) is 1.29. The van der Waals surface area contributed by atoms with Crippen molar-refractivity contribution in [1.82, 2.24) is 9.88 Å². The minimum atomic E-state index is -0.553. The third kappa shape index (κ3) is 4.45. The molecule has 1 aliphatic heterocycles. The van der Waals surface area contributed by atoms with Gasteiger partial charge in [-0.3, -0.25) is 19.8 Å². The first kappa shape index (κ1) is 24.2. The highest BCUT2D eigenvalue weighted by Gasteiger charge is 2.35. The number of ether oxygens (including phenoxy) is 1. The zero-order valence-corrected chi connectivity index (χ0v) is 21.0. The number of nitrogens with zero attached hydrogens (tertiary/aromatic N) is 2. The molecule has 9 heteroatoms. The van der Waals surface area contributed by atoms with Gasteiger partial charge in [0.15, 0.2) is 5.11 Å². The normalized spacial score (nSPS) is 14.9. The average molecular weight is 514 g/mol. The smallest absolute Gasteiger partial charge is 0.373 e. The van der Waals surface area contributed by atoms with Crippen molar-refractivity contribution in [2.75, 3.05) is 12.0 Å². The number of furan rings is 1. The predicted molar refractivity (Wildman–Crippen MR) is 143 cm³/mol. The number of carbonyl (C=O) groups is 3. The summed E-state index contributed by atoms with van der Waals surface area (Å²) in [4.78, 5) is 39.6. The van der Waals surface area contributed by atoms with Gasteiger partial charge in [-0.25, -0.2) is 4.79 Å². The fourth-order valence-corrected chi connectivity index (χ4v) is 4.70. The Bertz CT molecular complexity index is 1600. The molecule has 0 bridgehead atoms. The zero-order chi connectivity index (χ0) is 26.1. The average Bonchev–Trinajstić information content (AvgIpc) is 3.51. The van der Waals surface area contributed by atoms with Crippen LogP contribution in [0, 0.1) is 0 Å². The SMILES string of the molecule is CCc1ccccc1N1C(=O)/C(=C/c2cn(Cc3ccc(C(=O)OC)o3)c3ccccc23)C(=O)NC1=S. The first-order chi connectivity index (χ1) is 17.9. The summed E-state index contributed by atoms with van der Waals surface area (Å²) in [5, 5.41) is 3.56. The van der Waals surface area contributed by atoms with Crippen molar-refractivity contribution in [1.29, 1.82) is 0 Å². The molecule has 2 aromatic carbocycles. The minimum absolute atomic E-state index is 0.0200. The van der Waals surface area contributed by atoms with Gasteiger partial charge in [-0.15, -0.1) is 0 Å². The van der Waals surface area contributed by atoms with Gasteiger partial charge in [-0.2, -0.15) is 0 Å². The summed E-state index contributed by atoms with van der Waals surface area (Å²) in [6, 6.07) is 18.4. The van der Waals surface area contributed by atoms with Gasteiger partial charge < -0.3 is 13.7 Å². The minimum Gasteiger partial charge on any atom is -0.463 e. The molecule has 0 aliphatic carbocycles. The van der Waals surface area contributed by atoms with Crippen LogP contribution in [0.25, 0.3) is 17.0 Å². The molecule has 1 N–H and O–H groups in total. The molecule has 8 nitrogen and oxygen atoms in total. The molecule has 37 heavy (non-hydrogen) atoms. The predicted octanol–water partition coefficient (Wildman–Crippen LogP) is 4.46. The van der Waals surface area contributed by atoms with Crippen LogP contribution in [-0.2, 0) is 27.3 Å². The molecule has 1 fully saturated rings. The Morgan fingerprint density at radius 2 is 1.84 bits per heavy atom. The number of anilines is 1. The maximum atomic E-state index is 13.6. The highest BCUT2D eigenvalue weighted by atomic mass is 32.1. The topological polar surface area (TPSA) is 93.8 Å². The number of fused-ring (bicyclic) bond motifs is 1. The molecule has 0 spiro atoms. The molecule has 0 radical (unpaired) electrons. The lowest BCUT2D eigenvalue weighted by Gasteiger charge is -2.30. The molecule has 2 amide bonds. The molecule has 0 atom stereocenters. The fraction of sp³-hybridized carbons (Fsp3) is 0.143. The van der Waals surface area contributed by atoms with Crippen LogP contribution in [0.1, 0.15) is 34.4 Å². The maximum Gasteiger partial charge on any atom is 0.373 e. The highest BCUT2D eigenvalue weighted by Crippen LogP contribution is 2.29. The Labute approximate surface area is 218 Å². The van der Waals surface area contributed by atoms with Gasteiger partial charge in [-0.1, -0.05) is 43.3 Å². The largest absolute Gasteiger partial charge is 0.463 e. The van der Waals surface area contributed by atoms with E-state index in [1.807, 2.05) is 66.2 Å². The zero-order valence-electron chi connectivity index (χ0n) is 20.2. The van der Waals surface area contributed by atoms with Crippen LogP contribution in [0.15, 0.2) is 76.9 Å². The maximum absolute atomic E-state index is 13.6. The van der Waals surface area contributed by atoms with E-state index in [0.29, 0.717) is 30.0 Å². The second-order valence-electron chi connectivity index (χ2n) is 8.43. The summed E-state index contributed by atoms with van der Waals surface area (Å²) in [6.45, 7) is 2.33.